The lowest BCUT2D eigenvalue weighted by molar-refractivity contribution is -0.384. The minimum atomic E-state index is -0.418. The van der Waals surface area contributed by atoms with E-state index in [4.69, 9.17) is 0 Å². The Kier molecular flexibility index (Phi) is 6.95. The third kappa shape index (κ3) is 5.90. The molecule has 148 valence electrons. The fourth-order valence-corrected chi connectivity index (χ4v) is 3.08. The van der Waals surface area contributed by atoms with E-state index in [-0.39, 0.29) is 11.6 Å². The molecule has 0 radical (unpaired) electrons. The van der Waals surface area contributed by atoms with E-state index >= 15 is 0 Å². The molecule has 1 amide bonds. The third-order valence-corrected chi connectivity index (χ3v) is 4.53. The standard InChI is InChI=1S/C23H23N3O3/c27-23(15-8-16-24-21-13-6-7-14-22(21)26(28)29)25-20-12-5-4-11-19(20)17-18-9-2-1-3-10-18/h1-7,9-14,24H,8,15-17H2,(H,25,27). The van der Waals surface area contributed by atoms with Crippen molar-refractivity contribution in [2.75, 3.05) is 17.2 Å². The van der Waals surface area contributed by atoms with Crippen LogP contribution in [-0.4, -0.2) is 17.4 Å². The van der Waals surface area contributed by atoms with Crippen LogP contribution in [0.2, 0.25) is 0 Å². The Hall–Kier alpha value is -3.67. The maximum atomic E-state index is 12.4. The summed E-state index contributed by atoms with van der Waals surface area (Å²) in [6.07, 6.45) is 1.64. The van der Waals surface area contributed by atoms with Gasteiger partial charge in [-0.1, -0.05) is 60.7 Å². The summed E-state index contributed by atoms with van der Waals surface area (Å²) in [5.74, 6) is -0.0742. The molecule has 3 aromatic rings. The van der Waals surface area contributed by atoms with Crippen LogP contribution in [0.15, 0.2) is 78.9 Å². The quantitative estimate of drug-likeness (QED) is 0.306. The minimum Gasteiger partial charge on any atom is -0.379 e. The summed E-state index contributed by atoms with van der Waals surface area (Å²) in [5.41, 5.74) is 3.55. The largest absolute Gasteiger partial charge is 0.379 e. The van der Waals surface area contributed by atoms with Crippen molar-refractivity contribution in [3.8, 4) is 0 Å². The second-order valence-electron chi connectivity index (χ2n) is 6.67. The van der Waals surface area contributed by atoms with Crippen LogP contribution in [0.1, 0.15) is 24.0 Å². The zero-order chi connectivity index (χ0) is 20.5. The Morgan fingerprint density at radius 2 is 1.52 bits per heavy atom. The highest BCUT2D eigenvalue weighted by Gasteiger charge is 2.12. The number of hydrogen-bond donors (Lipinski definition) is 2. The SMILES string of the molecule is O=C(CCCNc1ccccc1[N+](=O)[O-])Nc1ccccc1Cc1ccccc1. The summed E-state index contributed by atoms with van der Waals surface area (Å²) in [7, 11) is 0. The van der Waals surface area contributed by atoms with Gasteiger partial charge in [0.15, 0.2) is 0 Å². The number of rotatable bonds is 9. The van der Waals surface area contributed by atoms with Gasteiger partial charge in [-0.05, 0) is 36.1 Å². The van der Waals surface area contributed by atoms with E-state index in [1.165, 1.54) is 11.6 Å². The van der Waals surface area contributed by atoms with Crippen LogP contribution in [-0.2, 0) is 11.2 Å². The molecule has 0 bridgehead atoms. The summed E-state index contributed by atoms with van der Waals surface area (Å²) in [6, 6.07) is 24.4. The first kappa shape index (κ1) is 20.1. The van der Waals surface area contributed by atoms with Crippen molar-refractivity contribution in [3.05, 3.63) is 100 Å². The summed E-state index contributed by atoms with van der Waals surface area (Å²) >= 11 is 0. The third-order valence-electron chi connectivity index (χ3n) is 4.53. The molecule has 3 rings (SSSR count). The van der Waals surface area contributed by atoms with E-state index in [0.29, 0.717) is 25.1 Å². The van der Waals surface area contributed by atoms with E-state index in [2.05, 4.69) is 22.8 Å². The molecular weight excluding hydrogens is 366 g/mol. The first-order valence-electron chi connectivity index (χ1n) is 9.52. The molecule has 0 aliphatic heterocycles. The number of anilines is 2. The highest BCUT2D eigenvalue weighted by molar-refractivity contribution is 5.91. The number of para-hydroxylation sites is 3. The molecule has 0 heterocycles. The monoisotopic (exact) mass is 389 g/mol. The topological polar surface area (TPSA) is 84.3 Å². The fraction of sp³-hybridized carbons (Fsp3) is 0.174. The molecule has 0 aliphatic carbocycles. The van der Waals surface area contributed by atoms with E-state index in [9.17, 15) is 14.9 Å². The molecular formula is C23H23N3O3. The molecule has 6 heteroatoms. The molecule has 0 fully saturated rings. The Morgan fingerprint density at radius 1 is 0.862 bits per heavy atom. The van der Waals surface area contributed by atoms with Crippen molar-refractivity contribution >= 4 is 23.0 Å². The zero-order valence-electron chi connectivity index (χ0n) is 16.0. The number of nitrogens with one attached hydrogen (secondary N) is 2. The molecule has 0 saturated carbocycles. The van der Waals surface area contributed by atoms with Gasteiger partial charge in [-0.3, -0.25) is 14.9 Å². The van der Waals surface area contributed by atoms with E-state index < -0.39 is 4.92 Å². The van der Waals surface area contributed by atoms with Crippen LogP contribution < -0.4 is 10.6 Å². The molecule has 3 aromatic carbocycles. The molecule has 0 saturated heterocycles. The van der Waals surface area contributed by atoms with Crippen molar-refractivity contribution in [2.24, 2.45) is 0 Å². The van der Waals surface area contributed by atoms with Crippen molar-refractivity contribution < 1.29 is 9.72 Å². The van der Waals surface area contributed by atoms with Gasteiger partial charge in [0.05, 0.1) is 4.92 Å². The van der Waals surface area contributed by atoms with Gasteiger partial charge < -0.3 is 10.6 Å². The molecule has 29 heavy (non-hydrogen) atoms. The Balaban J connectivity index is 1.51. The predicted octanol–water partition coefficient (Wildman–Crippen LogP) is 5.02. The zero-order valence-corrected chi connectivity index (χ0v) is 16.0. The first-order chi connectivity index (χ1) is 14.1. The maximum absolute atomic E-state index is 12.4. The molecule has 0 aliphatic rings. The van der Waals surface area contributed by atoms with Crippen LogP contribution in [0.3, 0.4) is 0 Å². The van der Waals surface area contributed by atoms with Gasteiger partial charge in [-0.25, -0.2) is 0 Å². The first-order valence-corrected chi connectivity index (χ1v) is 9.52. The molecule has 0 atom stereocenters. The lowest BCUT2D eigenvalue weighted by atomic mass is 10.0. The summed E-state index contributed by atoms with van der Waals surface area (Å²) in [6.45, 7) is 0.476. The second-order valence-corrected chi connectivity index (χ2v) is 6.67. The molecule has 0 unspecified atom stereocenters. The van der Waals surface area contributed by atoms with Gasteiger partial charge >= 0.3 is 0 Å². The highest BCUT2D eigenvalue weighted by atomic mass is 16.6. The van der Waals surface area contributed by atoms with E-state index in [0.717, 1.165) is 17.7 Å². The van der Waals surface area contributed by atoms with Crippen molar-refractivity contribution in [2.45, 2.75) is 19.3 Å². The number of nitrogens with zero attached hydrogens (tertiary/aromatic N) is 1. The highest BCUT2D eigenvalue weighted by Crippen LogP contribution is 2.23. The van der Waals surface area contributed by atoms with Gasteiger partial charge in [0.1, 0.15) is 5.69 Å². The summed E-state index contributed by atoms with van der Waals surface area (Å²) < 4.78 is 0. The van der Waals surface area contributed by atoms with Gasteiger partial charge in [0.2, 0.25) is 5.91 Å². The van der Waals surface area contributed by atoms with Crippen molar-refractivity contribution in [1.82, 2.24) is 0 Å². The number of hydrogen-bond acceptors (Lipinski definition) is 4. The van der Waals surface area contributed by atoms with Crippen molar-refractivity contribution in [3.63, 3.8) is 0 Å². The average Bonchev–Trinajstić information content (AvgIpc) is 2.73. The van der Waals surface area contributed by atoms with E-state index in [1.54, 1.807) is 18.2 Å². The van der Waals surface area contributed by atoms with E-state index in [1.807, 2.05) is 42.5 Å². The lowest BCUT2D eigenvalue weighted by Gasteiger charge is -2.12. The number of amides is 1. The van der Waals surface area contributed by atoms with Crippen LogP contribution in [0.4, 0.5) is 17.1 Å². The predicted molar refractivity (Wildman–Crippen MR) is 115 cm³/mol. The molecule has 6 nitrogen and oxygen atoms in total. The van der Waals surface area contributed by atoms with Crippen molar-refractivity contribution in [1.29, 1.82) is 0 Å². The molecule has 2 N–H and O–H groups in total. The summed E-state index contributed by atoms with van der Waals surface area (Å²) in [5, 5.41) is 17.1. The lowest BCUT2D eigenvalue weighted by Crippen LogP contribution is -2.15. The van der Waals surface area contributed by atoms with Crippen LogP contribution in [0.5, 0.6) is 0 Å². The second kappa shape index (κ2) is 10.0. The van der Waals surface area contributed by atoms with Gasteiger partial charge in [0, 0.05) is 24.7 Å². The van der Waals surface area contributed by atoms with Crippen LogP contribution >= 0.6 is 0 Å². The normalized spacial score (nSPS) is 10.3. The van der Waals surface area contributed by atoms with Crippen LogP contribution in [0.25, 0.3) is 0 Å². The van der Waals surface area contributed by atoms with Gasteiger partial charge in [-0.15, -0.1) is 0 Å². The Labute approximate surface area is 169 Å². The summed E-state index contributed by atoms with van der Waals surface area (Å²) in [4.78, 5) is 23.0. The van der Waals surface area contributed by atoms with Gasteiger partial charge in [0.25, 0.3) is 5.69 Å². The Bertz CT molecular complexity index is 974. The number of carbonyl (C=O) groups is 1. The number of carbonyl (C=O) groups excluding carboxylic acids is 1. The molecule has 0 spiro atoms. The van der Waals surface area contributed by atoms with Crippen LogP contribution in [0, 0.1) is 10.1 Å². The minimum absolute atomic E-state index is 0.0341. The smallest absolute Gasteiger partial charge is 0.292 e. The fourth-order valence-electron chi connectivity index (χ4n) is 3.08. The number of nitro groups is 1. The number of nitro benzene ring substituents is 1. The average molecular weight is 389 g/mol. The molecule has 0 aromatic heterocycles. The number of benzene rings is 3. The Morgan fingerprint density at radius 3 is 2.28 bits per heavy atom. The van der Waals surface area contributed by atoms with Gasteiger partial charge in [-0.2, -0.15) is 0 Å². The maximum Gasteiger partial charge on any atom is 0.292 e.